The first-order chi connectivity index (χ1) is 6.86. The van der Waals surface area contributed by atoms with Crippen LogP contribution in [0.5, 0.6) is 5.75 Å². The normalized spacial score (nSPS) is 11.2. The van der Waals surface area contributed by atoms with E-state index in [2.05, 4.69) is 0 Å². The molecule has 0 amide bonds. The summed E-state index contributed by atoms with van der Waals surface area (Å²) in [6.07, 6.45) is 0. The van der Waals surface area contributed by atoms with Crippen molar-refractivity contribution in [1.82, 2.24) is 0 Å². The molecular formula is C9H14N2O3S. The molecule has 2 N–H and O–H groups in total. The SMILES string of the molecule is COc1cc(N(C)C)ccc1S(N)(=O)=O. The summed E-state index contributed by atoms with van der Waals surface area (Å²) < 4.78 is 27.3. The summed E-state index contributed by atoms with van der Waals surface area (Å²) in [5.74, 6) is 0.253. The number of rotatable bonds is 3. The highest BCUT2D eigenvalue weighted by Gasteiger charge is 2.15. The summed E-state index contributed by atoms with van der Waals surface area (Å²) in [5.41, 5.74) is 0.847. The number of hydrogen-bond donors (Lipinski definition) is 1. The number of hydrogen-bond acceptors (Lipinski definition) is 4. The van der Waals surface area contributed by atoms with E-state index in [4.69, 9.17) is 9.88 Å². The zero-order valence-electron chi connectivity index (χ0n) is 8.89. The second-order valence-electron chi connectivity index (χ2n) is 3.27. The summed E-state index contributed by atoms with van der Waals surface area (Å²) in [4.78, 5) is 1.84. The minimum absolute atomic E-state index is 0.00407. The van der Waals surface area contributed by atoms with Gasteiger partial charge in [-0.15, -0.1) is 0 Å². The Morgan fingerprint density at radius 2 is 1.93 bits per heavy atom. The van der Waals surface area contributed by atoms with Crippen molar-refractivity contribution in [2.45, 2.75) is 4.90 Å². The number of anilines is 1. The Balaban J connectivity index is 3.34. The number of nitrogens with zero attached hydrogens (tertiary/aromatic N) is 1. The van der Waals surface area contributed by atoms with Crippen molar-refractivity contribution in [2.24, 2.45) is 5.14 Å². The largest absolute Gasteiger partial charge is 0.495 e. The Hall–Kier alpha value is -1.27. The van der Waals surface area contributed by atoms with E-state index >= 15 is 0 Å². The summed E-state index contributed by atoms with van der Waals surface area (Å²) in [7, 11) is 1.38. The average Bonchev–Trinajstić information content (AvgIpc) is 2.15. The van der Waals surface area contributed by atoms with Gasteiger partial charge in [0, 0.05) is 25.8 Å². The van der Waals surface area contributed by atoms with Gasteiger partial charge in [-0.3, -0.25) is 0 Å². The van der Waals surface area contributed by atoms with Crippen LogP contribution in [0.15, 0.2) is 23.1 Å². The summed E-state index contributed by atoms with van der Waals surface area (Å²) in [5, 5.41) is 5.04. The second kappa shape index (κ2) is 4.08. The van der Waals surface area contributed by atoms with Gasteiger partial charge in [0.2, 0.25) is 10.0 Å². The molecule has 1 rings (SSSR count). The molecule has 0 unspecified atom stereocenters. The molecule has 1 aromatic carbocycles. The molecule has 0 atom stereocenters. The molecular weight excluding hydrogens is 216 g/mol. The maximum absolute atomic E-state index is 11.2. The summed E-state index contributed by atoms with van der Waals surface area (Å²) >= 11 is 0. The Bertz CT molecular complexity index is 454. The number of sulfonamides is 1. The molecule has 0 spiro atoms. The smallest absolute Gasteiger partial charge is 0.241 e. The number of methoxy groups -OCH3 is 1. The molecule has 0 saturated carbocycles. The van der Waals surface area contributed by atoms with E-state index in [0.29, 0.717) is 0 Å². The van der Waals surface area contributed by atoms with Gasteiger partial charge < -0.3 is 9.64 Å². The highest BCUT2D eigenvalue weighted by molar-refractivity contribution is 7.89. The molecule has 5 nitrogen and oxygen atoms in total. The van der Waals surface area contributed by atoms with Gasteiger partial charge in [-0.25, -0.2) is 13.6 Å². The zero-order chi connectivity index (χ0) is 11.6. The van der Waals surface area contributed by atoms with Crippen LogP contribution in [-0.2, 0) is 10.0 Å². The Kier molecular flexibility index (Phi) is 3.21. The molecule has 0 saturated heterocycles. The van der Waals surface area contributed by atoms with Crippen LogP contribution in [0.1, 0.15) is 0 Å². The fraction of sp³-hybridized carbons (Fsp3) is 0.333. The van der Waals surface area contributed by atoms with Crippen molar-refractivity contribution >= 4 is 15.7 Å². The molecule has 0 fully saturated rings. The van der Waals surface area contributed by atoms with Gasteiger partial charge in [-0.2, -0.15) is 0 Å². The van der Waals surface area contributed by atoms with Crippen LogP contribution in [0.3, 0.4) is 0 Å². The van der Waals surface area contributed by atoms with Crippen LogP contribution in [-0.4, -0.2) is 29.6 Å². The van der Waals surface area contributed by atoms with E-state index in [1.807, 2.05) is 19.0 Å². The van der Waals surface area contributed by atoms with Crippen molar-refractivity contribution < 1.29 is 13.2 Å². The predicted octanol–water partition coefficient (Wildman–Crippen LogP) is 0.409. The van der Waals surface area contributed by atoms with Crippen LogP contribution in [0.25, 0.3) is 0 Å². The van der Waals surface area contributed by atoms with Crippen molar-refractivity contribution in [2.75, 3.05) is 26.1 Å². The zero-order valence-corrected chi connectivity index (χ0v) is 9.71. The van der Waals surface area contributed by atoms with Crippen LogP contribution >= 0.6 is 0 Å². The van der Waals surface area contributed by atoms with Gasteiger partial charge >= 0.3 is 0 Å². The summed E-state index contributed by atoms with van der Waals surface area (Å²) in [6.45, 7) is 0. The van der Waals surface area contributed by atoms with Gasteiger partial charge in [0.1, 0.15) is 10.6 Å². The van der Waals surface area contributed by atoms with Gasteiger partial charge in [0.05, 0.1) is 7.11 Å². The Morgan fingerprint density at radius 1 is 1.33 bits per heavy atom. The van der Waals surface area contributed by atoms with Gasteiger partial charge in [-0.05, 0) is 12.1 Å². The molecule has 0 radical (unpaired) electrons. The van der Waals surface area contributed by atoms with Gasteiger partial charge in [-0.1, -0.05) is 0 Å². The van der Waals surface area contributed by atoms with Crippen LogP contribution in [0, 0.1) is 0 Å². The summed E-state index contributed by atoms with van der Waals surface area (Å²) in [6, 6.07) is 4.73. The fourth-order valence-corrected chi connectivity index (χ4v) is 1.85. The Morgan fingerprint density at radius 3 is 2.33 bits per heavy atom. The van der Waals surface area contributed by atoms with E-state index in [0.717, 1.165) is 5.69 Å². The monoisotopic (exact) mass is 230 g/mol. The lowest BCUT2D eigenvalue weighted by Gasteiger charge is -2.15. The van der Waals surface area contributed by atoms with E-state index in [9.17, 15) is 8.42 Å². The van der Waals surface area contributed by atoms with Crippen molar-refractivity contribution in [3.8, 4) is 5.75 Å². The van der Waals surface area contributed by atoms with E-state index < -0.39 is 10.0 Å². The molecule has 0 aliphatic carbocycles. The number of primary sulfonamides is 1. The van der Waals surface area contributed by atoms with Crippen LogP contribution < -0.4 is 14.8 Å². The minimum Gasteiger partial charge on any atom is -0.495 e. The van der Waals surface area contributed by atoms with Gasteiger partial charge in [0.15, 0.2) is 0 Å². The highest BCUT2D eigenvalue weighted by atomic mass is 32.2. The number of benzene rings is 1. The molecule has 1 aromatic rings. The van der Waals surface area contributed by atoms with E-state index in [1.165, 1.54) is 13.2 Å². The van der Waals surface area contributed by atoms with Gasteiger partial charge in [0.25, 0.3) is 0 Å². The number of nitrogens with two attached hydrogens (primary N) is 1. The molecule has 0 aromatic heterocycles. The number of ether oxygens (including phenoxy) is 1. The standard InChI is InChI=1S/C9H14N2O3S/c1-11(2)7-4-5-9(15(10,12)13)8(6-7)14-3/h4-6H,1-3H3,(H2,10,12,13). The molecule has 15 heavy (non-hydrogen) atoms. The molecule has 0 heterocycles. The topological polar surface area (TPSA) is 72.6 Å². The van der Waals surface area contributed by atoms with Crippen molar-refractivity contribution in [1.29, 1.82) is 0 Å². The molecule has 0 aliphatic rings. The van der Waals surface area contributed by atoms with E-state index in [-0.39, 0.29) is 10.6 Å². The highest BCUT2D eigenvalue weighted by Crippen LogP contribution is 2.27. The Labute approximate surface area is 89.5 Å². The lowest BCUT2D eigenvalue weighted by molar-refractivity contribution is 0.403. The third kappa shape index (κ3) is 2.60. The third-order valence-corrected chi connectivity index (χ3v) is 2.92. The van der Waals surface area contributed by atoms with Crippen LogP contribution in [0.2, 0.25) is 0 Å². The van der Waals surface area contributed by atoms with E-state index in [1.54, 1.807) is 12.1 Å². The third-order valence-electron chi connectivity index (χ3n) is 1.97. The quantitative estimate of drug-likeness (QED) is 0.816. The first kappa shape index (κ1) is 11.8. The first-order valence-corrected chi connectivity index (χ1v) is 5.79. The van der Waals surface area contributed by atoms with Crippen LogP contribution in [0.4, 0.5) is 5.69 Å². The lowest BCUT2D eigenvalue weighted by atomic mass is 10.3. The fourth-order valence-electron chi connectivity index (χ4n) is 1.17. The maximum Gasteiger partial charge on any atom is 0.241 e. The molecule has 0 aliphatic heterocycles. The molecule has 84 valence electrons. The first-order valence-electron chi connectivity index (χ1n) is 4.24. The second-order valence-corrected chi connectivity index (χ2v) is 4.80. The minimum atomic E-state index is -3.73. The maximum atomic E-state index is 11.2. The van der Waals surface area contributed by atoms with Crippen molar-refractivity contribution in [3.05, 3.63) is 18.2 Å². The average molecular weight is 230 g/mol. The lowest BCUT2D eigenvalue weighted by Crippen LogP contribution is -2.14. The molecule has 0 bridgehead atoms. The predicted molar refractivity (Wildman–Crippen MR) is 58.7 cm³/mol. The molecule has 6 heteroatoms. The van der Waals surface area contributed by atoms with Crippen molar-refractivity contribution in [3.63, 3.8) is 0 Å².